The van der Waals surface area contributed by atoms with Crippen LogP contribution < -0.4 is 4.74 Å². The van der Waals surface area contributed by atoms with Crippen LogP contribution in [-0.2, 0) is 9.53 Å². The number of rotatable bonds is 7. The Kier molecular flexibility index (Phi) is 7.46. The third kappa shape index (κ3) is 5.38. The highest BCUT2D eigenvalue weighted by molar-refractivity contribution is 8.24. The Bertz CT molecular complexity index is 1030. The zero-order valence-electron chi connectivity index (χ0n) is 19.2. The van der Waals surface area contributed by atoms with Gasteiger partial charge in [-0.1, -0.05) is 36.4 Å². The van der Waals surface area contributed by atoms with Crippen LogP contribution >= 0.6 is 10.8 Å². The smallest absolute Gasteiger partial charge is 0.337 e. The summed E-state index contributed by atoms with van der Waals surface area (Å²) >= 11 is 0. The molecule has 0 radical (unpaired) electrons. The molecule has 1 fully saturated rings. The van der Waals surface area contributed by atoms with Crippen molar-refractivity contribution in [2.45, 2.75) is 38.0 Å². The van der Waals surface area contributed by atoms with Crippen LogP contribution in [0.15, 0.2) is 59.6 Å². The first-order valence-corrected chi connectivity index (χ1v) is 12.2. The maximum absolute atomic E-state index is 13.2. The highest BCUT2D eigenvalue weighted by Gasteiger charge is 2.54. The third-order valence-electron chi connectivity index (χ3n) is 5.06. The molecule has 1 atom stereocenters. The Morgan fingerprint density at radius 2 is 1.82 bits per heavy atom. The lowest BCUT2D eigenvalue weighted by atomic mass is 10.1. The number of amides is 1. The lowest BCUT2D eigenvalue weighted by molar-refractivity contribution is -0.122. The Labute approximate surface area is 195 Å². The number of carbonyl (C=O) groups is 2. The maximum atomic E-state index is 13.2. The molecule has 1 aliphatic heterocycles. The number of esters is 1. The van der Waals surface area contributed by atoms with Gasteiger partial charge in [-0.2, -0.15) is 0 Å². The number of hydrogen-bond acceptors (Lipinski definition) is 7. The Balaban J connectivity index is 1.74. The standard InChI is InChI=1S/C24H30N2O6S/c1-24(2,3)26-22(27)20(21(33(26,29)30)17-10-6-5-7-11-17)25-14-9-15-32-19-13-8-12-18(16-19)23(28)31-4/h5-8,10-13,16,21,29-30H,9,14-15H2,1-4H3. The predicted octanol–water partition coefficient (Wildman–Crippen LogP) is 4.73. The van der Waals surface area contributed by atoms with E-state index in [0.29, 0.717) is 29.9 Å². The SMILES string of the molecule is COC(=O)c1cccc(OCCCN=C2C(=O)N(C(C)(C)C)S(O)(O)C2c2ccccc2)c1. The van der Waals surface area contributed by atoms with Crippen molar-refractivity contribution >= 4 is 28.4 Å². The van der Waals surface area contributed by atoms with Crippen molar-refractivity contribution in [2.24, 2.45) is 4.99 Å². The van der Waals surface area contributed by atoms with Gasteiger partial charge in [0, 0.05) is 13.0 Å². The zero-order valence-corrected chi connectivity index (χ0v) is 20.0. The summed E-state index contributed by atoms with van der Waals surface area (Å²) in [5, 5.41) is -0.914. The number of benzene rings is 2. The van der Waals surface area contributed by atoms with E-state index in [9.17, 15) is 18.7 Å². The molecule has 0 bridgehead atoms. The molecular formula is C24H30N2O6S. The van der Waals surface area contributed by atoms with Crippen LogP contribution in [0.3, 0.4) is 0 Å². The highest BCUT2D eigenvalue weighted by Crippen LogP contribution is 2.64. The molecule has 8 nitrogen and oxygen atoms in total. The largest absolute Gasteiger partial charge is 0.494 e. The van der Waals surface area contributed by atoms with E-state index < -0.39 is 33.4 Å². The molecule has 33 heavy (non-hydrogen) atoms. The van der Waals surface area contributed by atoms with Crippen LogP contribution in [0, 0.1) is 0 Å². The van der Waals surface area contributed by atoms with Gasteiger partial charge in [0.15, 0.2) is 0 Å². The summed E-state index contributed by atoms with van der Waals surface area (Å²) in [6.45, 7) is 5.88. The molecule has 0 saturated carbocycles. The Hall–Kier alpha value is -2.88. The molecule has 0 aliphatic carbocycles. The number of carbonyl (C=O) groups excluding carboxylic acids is 2. The fourth-order valence-electron chi connectivity index (χ4n) is 3.70. The fraction of sp³-hybridized carbons (Fsp3) is 0.375. The quantitative estimate of drug-likeness (QED) is 0.444. The molecule has 9 heteroatoms. The van der Waals surface area contributed by atoms with Gasteiger partial charge in [-0.3, -0.25) is 18.9 Å². The van der Waals surface area contributed by atoms with Gasteiger partial charge < -0.3 is 9.47 Å². The minimum absolute atomic E-state index is 0.142. The topological polar surface area (TPSA) is 109 Å². The van der Waals surface area contributed by atoms with Gasteiger partial charge in [-0.25, -0.2) is 9.10 Å². The van der Waals surface area contributed by atoms with Crippen molar-refractivity contribution in [3.8, 4) is 5.75 Å². The highest BCUT2D eigenvalue weighted by atomic mass is 32.3. The van der Waals surface area contributed by atoms with Crippen LogP contribution in [0.4, 0.5) is 0 Å². The van der Waals surface area contributed by atoms with Gasteiger partial charge in [-0.15, -0.1) is 10.8 Å². The molecule has 1 aliphatic rings. The van der Waals surface area contributed by atoms with Crippen LogP contribution in [0.5, 0.6) is 5.75 Å². The summed E-state index contributed by atoms with van der Waals surface area (Å²) in [4.78, 5) is 29.3. The molecule has 1 amide bonds. The van der Waals surface area contributed by atoms with E-state index in [-0.39, 0.29) is 12.3 Å². The first-order valence-electron chi connectivity index (χ1n) is 10.6. The van der Waals surface area contributed by atoms with Gasteiger partial charge in [0.1, 0.15) is 16.7 Å². The summed E-state index contributed by atoms with van der Waals surface area (Å²) in [7, 11) is -2.14. The number of aliphatic imine (C=N–C) groups is 1. The predicted molar refractivity (Wildman–Crippen MR) is 129 cm³/mol. The monoisotopic (exact) mass is 474 g/mol. The molecule has 1 unspecified atom stereocenters. The van der Waals surface area contributed by atoms with Crippen LogP contribution in [-0.4, -0.2) is 56.8 Å². The minimum atomic E-state index is -3.46. The second kappa shape index (κ2) is 9.94. The molecule has 2 aromatic carbocycles. The van der Waals surface area contributed by atoms with Gasteiger partial charge in [0.25, 0.3) is 5.91 Å². The zero-order chi connectivity index (χ0) is 24.2. The fourth-order valence-corrected chi connectivity index (χ4v) is 6.06. The molecule has 3 rings (SSSR count). The first-order chi connectivity index (χ1) is 15.6. The van der Waals surface area contributed by atoms with Gasteiger partial charge in [-0.05, 0) is 44.5 Å². The minimum Gasteiger partial charge on any atom is -0.494 e. The van der Waals surface area contributed by atoms with Crippen molar-refractivity contribution in [1.29, 1.82) is 0 Å². The van der Waals surface area contributed by atoms with Gasteiger partial charge >= 0.3 is 5.97 Å². The van der Waals surface area contributed by atoms with Crippen LogP contribution in [0.2, 0.25) is 0 Å². The molecule has 1 heterocycles. The van der Waals surface area contributed by atoms with E-state index in [4.69, 9.17) is 9.47 Å². The summed E-state index contributed by atoms with van der Waals surface area (Å²) < 4.78 is 33.7. The van der Waals surface area contributed by atoms with Gasteiger partial charge in [0.05, 0.1) is 24.8 Å². The normalized spacial score (nSPS) is 20.1. The van der Waals surface area contributed by atoms with Crippen molar-refractivity contribution in [2.75, 3.05) is 20.3 Å². The molecule has 2 N–H and O–H groups in total. The van der Waals surface area contributed by atoms with E-state index in [1.807, 2.05) is 6.07 Å². The molecule has 1 saturated heterocycles. The lowest BCUT2D eigenvalue weighted by Gasteiger charge is -2.46. The third-order valence-corrected chi connectivity index (χ3v) is 7.44. The Morgan fingerprint density at radius 1 is 1.12 bits per heavy atom. The average molecular weight is 475 g/mol. The van der Waals surface area contributed by atoms with E-state index in [0.717, 1.165) is 4.31 Å². The van der Waals surface area contributed by atoms with Gasteiger partial charge in [0.2, 0.25) is 0 Å². The van der Waals surface area contributed by atoms with Crippen molar-refractivity contribution in [1.82, 2.24) is 4.31 Å². The van der Waals surface area contributed by atoms with E-state index >= 15 is 0 Å². The second-order valence-corrected chi connectivity index (χ2v) is 10.6. The molecule has 0 aromatic heterocycles. The molecule has 0 spiro atoms. The molecular weight excluding hydrogens is 444 g/mol. The molecule has 2 aromatic rings. The number of hydrogen-bond donors (Lipinski definition) is 2. The maximum Gasteiger partial charge on any atom is 0.337 e. The summed E-state index contributed by atoms with van der Waals surface area (Å²) in [6.07, 6.45) is 0.495. The van der Waals surface area contributed by atoms with E-state index in [1.165, 1.54) is 7.11 Å². The van der Waals surface area contributed by atoms with Crippen molar-refractivity contribution < 1.29 is 28.2 Å². The lowest BCUT2D eigenvalue weighted by Crippen LogP contribution is -2.43. The number of methoxy groups -OCH3 is 1. The average Bonchev–Trinajstić information content (AvgIpc) is 2.98. The Morgan fingerprint density at radius 3 is 2.45 bits per heavy atom. The van der Waals surface area contributed by atoms with E-state index in [2.05, 4.69) is 4.99 Å². The van der Waals surface area contributed by atoms with E-state index in [1.54, 1.807) is 69.3 Å². The van der Waals surface area contributed by atoms with Crippen LogP contribution in [0.1, 0.15) is 48.4 Å². The summed E-state index contributed by atoms with van der Waals surface area (Å²) in [5.41, 5.74) is 0.384. The summed E-state index contributed by atoms with van der Waals surface area (Å²) in [6, 6.07) is 15.6. The van der Waals surface area contributed by atoms with Crippen molar-refractivity contribution in [3.05, 3.63) is 65.7 Å². The summed E-state index contributed by atoms with van der Waals surface area (Å²) in [5.74, 6) is -0.387. The second-order valence-electron chi connectivity index (χ2n) is 8.61. The number of nitrogens with zero attached hydrogens (tertiary/aromatic N) is 2. The number of ether oxygens (including phenoxy) is 2. The van der Waals surface area contributed by atoms with Crippen LogP contribution in [0.25, 0.3) is 0 Å². The first kappa shape index (κ1) is 24.8. The molecule has 178 valence electrons. The van der Waals surface area contributed by atoms with Crippen molar-refractivity contribution in [3.63, 3.8) is 0 Å².